The molecular weight excluding hydrogens is 418 g/mol. The fraction of sp³-hybridized carbons (Fsp3) is 0.0870. The summed E-state index contributed by atoms with van der Waals surface area (Å²) in [6.07, 6.45) is -0.0192. The van der Waals surface area contributed by atoms with Gasteiger partial charge in [-0.1, -0.05) is 48.0 Å². The van der Waals surface area contributed by atoms with Gasteiger partial charge in [-0.05, 0) is 36.4 Å². The van der Waals surface area contributed by atoms with Crippen LogP contribution < -0.4 is 21.2 Å². The van der Waals surface area contributed by atoms with Crippen LogP contribution in [0.4, 0.5) is 5.69 Å². The Balaban J connectivity index is 1.49. The molecule has 0 aliphatic rings. The Bertz CT molecular complexity index is 1380. The maximum absolute atomic E-state index is 12.6. The van der Waals surface area contributed by atoms with Crippen molar-refractivity contribution < 1.29 is 9.53 Å². The van der Waals surface area contributed by atoms with Crippen LogP contribution in [0.15, 0.2) is 82.4 Å². The Hall–Kier alpha value is -3.84. The van der Waals surface area contributed by atoms with Gasteiger partial charge in [0.05, 0.1) is 28.0 Å². The summed E-state index contributed by atoms with van der Waals surface area (Å²) < 4.78 is 6.99. The normalized spacial score (nSPS) is 10.7. The van der Waals surface area contributed by atoms with Gasteiger partial charge in [0.15, 0.2) is 5.75 Å². The van der Waals surface area contributed by atoms with Crippen molar-refractivity contribution in [2.45, 2.75) is 13.0 Å². The summed E-state index contributed by atoms with van der Waals surface area (Å²) >= 11 is 6.15. The molecule has 0 aliphatic carbocycles. The third kappa shape index (κ3) is 4.51. The highest BCUT2D eigenvalue weighted by atomic mass is 35.5. The number of ether oxygens (including phenoxy) is 1. The number of rotatable bonds is 6. The zero-order valence-electron chi connectivity index (χ0n) is 16.3. The number of aromatic nitrogens is 2. The highest BCUT2D eigenvalue weighted by molar-refractivity contribution is 6.32. The van der Waals surface area contributed by atoms with E-state index in [9.17, 15) is 14.4 Å². The molecule has 1 heterocycles. The number of carbonyl (C=O) groups is 1. The number of aromatic amines is 1. The molecule has 31 heavy (non-hydrogen) atoms. The number of nitrogens with one attached hydrogen (secondary N) is 2. The second-order valence-corrected chi connectivity index (χ2v) is 7.18. The van der Waals surface area contributed by atoms with Gasteiger partial charge in [0, 0.05) is 6.42 Å². The van der Waals surface area contributed by atoms with E-state index in [0.29, 0.717) is 33.0 Å². The molecule has 4 aromatic rings. The van der Waals surface area contributed by atoms with Crippen LogP contribution in [0.5, 0.6) is 11.5 Å². The lowest BCUT2D eigenvalue weighted by molar-refractivity contribution is -0.116. The number of halogens is 1. The fourth-order valence-electron chi connectivity index (χ4n) is 3.13. The van der Waals surface area contributed by atoms with Crippen molar-refractivity contribution in [3.8, 4) is 11.5 Å². The number of anilines is 1. The van der Waals surface area contributed by atoms with Crippen LogP contribution >= 0.6 is 11.6 Å². The lowest BCUT2D eigenvalue weighted by Crippen LogP contribution is -2.31. The monoisotopic (exact) mass is 435 g/mol. The van der Waals surface area contributed by atoms with Crippen LogP contribution in [0.3, 0.4) is 0 Å². The van der Waals surface area contributed by atoms with Crippen molar-refractivity contribution in [3.05, 3.63) is 98.5 Å². The van der Waals surface area contributed by atoms with Gasteiger partial charge in [0.25, 0.3) is 11.1 Å². The minimum atomic E-state index is -0.380. The number of carbonyl (C=O) groups excluding carboxylic acids is 1. The minimum Gasteiger partial charge on any atom is -0.454 e. The van der Waals surface area contributed by atoms with Crippen LogP contribution in [0.2, 0.25) is 5.02 Å². The summed E-state index contributed by atoms with van der Waals surface area (Å²) in [5.74, 6) is 0.558. The Labute approximate surface area is 181 Å². The molecule has 3 aromatic carbocycles. The first kappa shape index (κ1) is 20.4. The second kappa shape index (κ2) is 8.89. The average Bonchev–Trinajstić information content (AvgIpc) is 2.78. The molecule has 0 radical (unpaired) electrons. The SMILES string of the molecule is O=C(CCn1[nH]c(=O)c2ccccc2c1=O)Nc1ccccc1Oc1ccccc1Cl. The summed E-state index contributed by atoms with van der Waals surface area (Å²) in [6.45, 7) is 0.0261. The van der Waals surface area contributed by atoms with E-state index in [1.165, 1.54) is 0 Å². The molecule has 7 nitrogen and oxygen atoms in total. The number of fused-ring (bicyclic) bond motifs is 1. The van der Waals surface area contributed by atoms with E-state index in [1.54, 1.807) is 72.8 Å². The van der Waals surface area contributed by atoms with Crippen LogP contribution in [0.25, 0.3) is 10.8 Å². The molecule has 4 rings (SSSR count). The lowest BCUT2D eigenvalue weighted by atomic mass is 10.2. The molecule has 0 unspecified atom stereocenters. The largest absolute Gasteiger partial charge is 0.454 e. The van der Waals surface area contributed by atoms with E-state index in [2.05, 4.69) is 10.4 Å². The van der Waals surface area contributed by atoms with E-state index < -0.39 is 0 Å². The van der Waals surface area contributed by atoms with Crippen molar-refractivity contribution in [2.24, 2.45) is 0 Å². The predicted molar refractivity (Wildman–Crippen MR) is 120 cm³/mol. The van der Waals surface area contributed by atoms with Gasteiger partial charge >= 0.3 is 0 Å². The number of benzene rings is 3. The Morgan fingerprint density at radius 1 is 0.903 bits per heavy atom. The fourth-order valence-corrected chi connectivity index (χ4v) is 3.31. The van der Waals surface area contributed by atoms with Gasteiger partial charge in [-0.2, -0.15) is 0 Å². The molecule has 1 aromatic heterocycles. The first-order valence-electron chi connectivity index (χ1n) is 9.56. The highest BCUT2D eigenvalue weighted by Gasteiger charge is 2.12. The minimum absolute atomic E-state index is 0.0192. The van der Waals surface area contributed by atoms with E-state index in [-0.39, 0.29) is 30.0 Å². The molecule has 0 fully saturated rings. The van der Waals surface area contributed by atoms with Crippen molar-refractivity contribution in [1.82, 2.24) is 9.78 Å². The standard InChI is InChI=1S/C23H18ClN3O4/c24-17-9-3-5-11-19(17)31-20-12-6-4-10-18(20)25-21(28)13-14-27-23(30)16-8-2-1-7-15(16)22(29)26-27/h1-12H,13-14H2,(H,25,28)(H,26,29). The molecule has 2 N–H and O–H groups in total. The summed E-state index contributed by atoms with van der Waals surface area (Å²) in [6, 6.07) is 20.5. The van der Waals surface area contributed by atoms with Gasteiger partial charge in [0.2, 0.25) is 5.91 Å². The molecule has 0 spiro atoms. The van der Waals surface area contributed by atoms with Crippen molar-refractivity contribution in [1.29, 1.82) is 0 Å². The van der Waals surface area contributed by atoms with E-state index in [1.807, 2.05) is 0 Å². The van der Waals surface area contributed by atoms with Crippen molar-refractivity contribution in [2.75, 3.05) is 5.32 Å². The number of nitrogens with zero attached hydrogens (tertiary/aromatic N) is 1. The third-order valence-corrected chi connectivity index (χ3v) is 4.98. The van der Waals surface area contributed by atoms with E-state index >= 15 is 0 Å². The summed E-state index contributed by atoms with van der Waals surface area (Å²) in [5, 5.41) is 6.37. The molecule has 8 heteroatoms. The summed E-state index contributed by atoms with van der Waals surface area (Å²) in [7, 11) is 0. The van der Waals surface area contributed by atoms with E-state index in [4.69, 9.17) is 16.3 Å². The maximum atomic E-state index is 12.6. The quantitative estimate of drug-likeness (QED) is 0.475. The maximum Gasteiger partial charge on any atom is 0.273 e. The van der Waals surface area contributed by atoms with Crippen molar-refractivity contribution in [3.63, 3.8) is 0 Å². The Morgan fingerprint density at radius 2 is 1.55 bits per heavy atom. The zero-order chi connectivity index (χ0) is 21.8. The van der Waals surface area contributed by atoms with E-state index in [0.717, 1.165) is 4.68 Å². The molecule has 0 bridgehead atoms. The van der Waals surface area contributed by atoms with Crippen LogP contribution in [-0.4, -0.2) is 15.7 Å². The molecule has 1 amide bonds. The topological polar surface area (TPSA) is 93.2 Å². The number of para-hydroxylation sites is 3. The van der Waals surface area contributed by atoms with Crippen LogP contribution in [-0.2, 0) is 11.3 Å². The number of hydrogen-bond donors (Lipinski definition) is 2. The van der Waals surface area contributed by atoms with Gasteiger partial charge in [0.1, 0.15) is 5.75 Å². The summed E-state index contributed by atoms with van der Waals surface area (Å²) in [5.41, 5.74) is -0.272. The van der Waals surface area contributed by atoms with Crippen molar-refractivity contribution >= 4 is 34.0 Å². The summed E-state index contributed by atoms with van der Waals surface area (Å²) in [4.78, 5) is 37.3. The average molecular weight is 436 g/mol. The third-order valence-electron chi connectivity index (χ3n) is 4.66. The number of amides is 1. The molecule has 0 atom stereocenters. The first-order valence-corrected chi connectivity index (χ1v) is 9.94. The van der Waals surface area contributed by atoms with Gasteiger partial charge in [-0.25, -0.2) is 4.68 Å². The number of aryl methyl sites for hydroxylation is 1. The molecular formula is C23H18ClN3O4. The molecule has 0 saturated carbocycles. The van der Waals surface area contributed by atoms with Crippen LogP contribution in [0, 0.1) is 0 Å². The highest BCUT2D eigenvalue weighted by Crippen LogP contribution is 2.33. The smallest absolute Gasteiger partial charge is 0.273 e. The number of hydrogen-bond acceptors (Lipinski definition) is 4. The molecule has 0 aliphatic heterocycles. The predicted octanol–water partition coefficient (Wildman–Crippen LogP) is 4.16. The zero-order valence-corrected chi connectivity index (χ0v) is 17.1. The lowest BCUT2D eigenvalue weighted by Gasteiger charge is -2.13. The van der Waals surface area contributed by atoms with Gasteiger partial charge in [-0.15, -0.1) is 0 Å². The second-order valence-electron chi connectivity index (χ2n) is 6.77. The molecule has 0 saturated heterocycles. The van der Waals surface area contributed by atoms with Gasteiger partial charge in [-0.3, -0.25) is 19.5 Å². The van der Waals surface area contributed by atoms with Gasteiger partial charge < -0.3 is 10.1 Å². The number of H-pyrrole nitrogens is 1. The molecule has 156 valence electrons. The Kier molecular flexibility index (Phi) is 5.86. The van der Waals surface area contributed by atoms with Crippen LogP contribution in [0.1, 0.15) is 6.42 Å². The first-order chi connectivity index (χ1) is 15.0. The Morgan fingerprint density at radius 3 is 2.32 bits per heavy atom.